The Labute approximate surface area is 76.6 Å². The molecule has 0 aliphatic carbocycles. The molecule has 2 heteroatoms. The first kappa shape index (κ1) is 8.76. The van der Waals surface area contributed by atoms with Crippen LogP contribution in [0.3, 0.4) is 0 Å². The summed E-state index contributed by atoms with van der Waals surface area (Å²) in [5.41, 5.74) is 0. The molecule has 0 N–H and O–H groups in total. The normalized spacial score (nSPS) is 38.4. The summed E-state index contributed by atoms with van der Waals surface area (Å²) >= 11 is 0. The van der Waals surface area contributed by atoms with E-state index < -0.39 is 0 Å². The summed E-state index contributed by atoms with van der Waals surface area (Å²) in [7, 11) is 0.549. The van der Waals surface area contributed by atoms with Crippen LogP contribution in [0, 0.1) is 0 Å². The molecule has 0 atom stereocenters. The average molecular weight is 130 g/mol. The van der Waals surface area contributed by atoms with Crippen molar-refractivity contribution in [3.8, 4) is 0 Å². The Kier molecular flexibility index (Phi) is 3.40. The van der Waals surface area contributed by atoms with Gasteiger partial charge in [0, 0.05) is 0 Å². The van der Waals surface area contributed by atoms with Crippen LogP contribution in [0.4, 0.5) is 0 Å². The molecule has 2 aliphatic heterocycles. The monoisotopic (exact) mass is 130 g/mol. The van der Waals surface area contributed by atoms with Gasteiger partial charge in [0.05, 0.1) is 0 Å². The van der Waals surface area contributed by atoms with E-state index in [1.165, 1.54) is 11.6 Å². The van der Waals surface area contributed by atoms with Crippen molar-refractivity contribution in [2.75, 3.05) is 0 Å². The van der Waals surface area contributed by atoms with Crippen molar-refractivity contribution < 1.29 is 18.9 Å². The van der Waals surface area contributed by atoms with E-state index in [2.05, 4.69) is 0 Å². The van der Waals surface area contributed by atoms with Gasteiger partial charge in [0.15, 0.2) is 0 Å². The van der Waals surface area contributed by atoms with Crippen LogP contribution in [-0.2, 0) is 0 Å². The van der Waals surface area contributed by atoms with Gasteiger partial charge in [0.1, 0.15) is 0 Å². The summed E-state index contributed by atoms with van der Waals surface area (Å²) in [6.45, 7) is 0. The van der Waals surface area contributed by atoms with Crippen LogP contribution in [0.1, 0.15) is 38.5 Å². The van der Waals surface area contributed by atoms with Gasteiger partial charge in [-0.3, -0.25) is 0 Å². The van der Waals surface area contributed by atoms with Crippen LogP contribution < -0.4 is 18.9 Å². The standard InChI is InChI=1S/C8H16B.Li/c1-3-7-5-2-6-8(4-1)9-7;/h7-8H,1-6,9H2;/q-1;+1. The Morgan fingerprint density at radius 2 is 1.20 bits per heavy atom. The van der Waals surface area contributed by atoms with Crippen LogP contribution in [0.2, 0.25) is 11.6 Å². The Bertz CT molecular complexity index is 85.4. The smallest absolute Gasteiger partial charge is 0.172 e. The second kappa shape index (κ2) is 3.88. The topological polar surface area (TPSA) is 0 Å². The minimum atomic E-state index is 0. The van der Waals surface area contributed by atoms with Gasteiger partial charge in [-0.05, 0) is 7.28 Å². The molecule has 0 spiro atoms. The molecule has 2 rings (SSSR count). The number of rotatable bonds is 0. The van der Waals surface area contributed by atoms with Gasteiger partial charge in [0.2, 0.25) is 0 Å². The van der Waals surface area contributed by atoms with Gasteiger partial charge < -0.3 is 0 Å². The molecule has 0 nitrogen and oxygen atoms in total. The van der Waals surface area contributed by atoms with Crippen LogP contribution in [0.25, 0.3) is 0 Å². The van der Waals surface area contributed by atoms with Crippen LogP contribution in [-0.4, -0.2) is 7.28 Å². The van der Waals surface area contributed by atoms with Gasteiger partial charge in [-0.1, -0.05) is 38.5 Å². The molecule has 0 aromatic carbocycles. The van der Waals surface area contributed by atoms with Crippen molar-refractivity contribution >= 4 is 7.28 Å². The predicted octanol–water partition coefficient (Wildman–Crippen LogP) is -0.896. The fourth-order valence-electron chi connectivity index (χ4n) is 3.25. The molecule has 2 saturated heterocycles. The summed E-state index contributed by atoms with van der Waals surface area (Å²) in [4.78, 5) is 0. The molecule has 2 aliphatic rings. The molecule has 2 bridgehead atoms. The van der Waals surface area contributed by atoms with Gasteiger partial charge in [-0.2, -0.15) is 11.6 Å². The maximum Gasteiger partial charge on any atom is 1.00 e. The molecule has 0 amide bonds. The second-order valence-electron chi connectivity index (χ2n) is 4.41. The molecule has 0 aromatic heterocycles. The van der Waals surface area contributed by atoms with E-state index in [4.69, 9.17) is 0 Å². The van der Waals surface area contributed by atoms with Gasteiger partial charge in [-0.25, -0.2) is 0 Å². The second-order valence-corrected chi connectivity index (χ2v) is 4.41. The molecule has 52 valence electrons. The number of hydrogen-bond acceptors (Lipinski definition) is 0. The number of hydrogen-bond donors (Lipinski definition) is 0. The molecule has 0 saturated carbocycles. The Balaban J connectivity index is 0.000000500. The van der Waals surface area contributed by atoms with Crippen LogP contribution >= 0.6 is 0 Å². The minimum absolute atomic E-state index is 0. The first-order chi connectivity index (χ1) is 4.45. The Morgan fingerprint density at radius 1 is 0.800 bits per heavy atom. The van der Waals surface area contributed by atoms with Gasteiger partial charge in [-0.15, -0.1) is 0 Å². The first-order valence-corrected chi connectivity index (χ1v) is 4.79. The fraction of sp³-hybridized carbons (Fsp3) is 1.00. The summed E-state index contributed by atoms with van der Waals surface area (Å²) in [6, 6.07) is 0. The first-order valence-electron chi connectivity index (χ1n) is 4.79. The molecular weight excluding hydrogens is 114 g/mol. The summed E-state index contributed by atoms with van der Waals surface area (Å²) in [5.74, 6) is 2.55. The minimum Gasteiger partial charge on any atom is -0.172 e. The molecule has 0 aromatic rings. The zero-order valence-corrected chi connectivity index (χ0v) is 7.40. The number of fused-ring (bicyclic) bond motifs is 2. The largest absolute Gasteiger partial charge is 1.00 e. The van der Waals surface area contributed by atoms with E-state index in [9.17, 15) is 0 Å². The molecule has 0 radical (unpaired) electrons. The predicted molar refractivity (Wildman–Crippen MR) is 43.7 cm³/mol. The van der Waals surface area contributed by atoms with Gasteiger partial charge >= 0.3 is 18.9 Å². The fourth-order valence-corrected chi connectivity index (χ4v) is 3.25. The summed E-state index contributed by atoms with van der Waals surface area (Å²) in [5, 5.41) is 0. The van der Waals surface area contributed by atoms with Crippen molar-refractivity contribution in [1.82, 2.24) is 0 Å². The maximum absolute atomic E-state index is 1.61. The third-order valence-corrected chi connectivity index (χ3v) is 3.73. The summed E-state index contributed by atoms with van der Waals surface area (Å²) in [6.07, 6.45) is 9.57. The Hall–Kier alpha value is 0.662. The van der Waals surface area contributed by atoms with Crippen molar-refractivity contribution in [2.24, 2.45) is 0 Å². The SMILES string of the molecule is [BH2-]1C2CCCC1CCC2.[Li+]. The van der Waals surface area contributed by atoms with Crippen molar-refractivity contribution in [3.63, 3.8) is 0 Å². The summed E-state index contributed by atoms with van der Waals surface area (Å²) < 4.78 is 0. The molecular formula is C8H16BLi. The van der Waals surface area contributed by atoms with Crippen LogP contribution in [0.15, 0.2) is 0 Å². The van der Waals surface area contributed by atoms with Crippen molar-refractivity contribution in [1.29, 1.82) is 0 Å². The van der Waals surface area contributed by atoms with E-state index in [0.717, 1.165) is 0 Å². The van der Waals surface area contributed by atoms with E-state index in [1.54, 1.807) is 38.5 Å². The maximum atomic E-state index is 1.61. The van der Waals surface area contributed by atoms with E-state index in [-0.39, 0.29) is 18.9 Å². The molecule has 2 fully saturated rings. The molecule has 2 heterocycles. The van der Waals surface area contributed by atoms with Crippen molar-refractivity contribution in [2.45, 2.75) is 50.2 Å². The van der Waals surface area contributed by atoms with E-state index in [0.29, 0.717) is 7.28 Å². The zero-order chi connectivity index (χ0) is 6.10. The third kappa shape index (κ3) is 1.83. The average Bonchev–Trinajstić information content (AvgIpc) is 1.88. The third-order valence-electron chi connectivity index (χ3n) is 3.73. The Morgan fingerprint density at radius 3 is 1.50 bits per heavy atom. The molecule has 10 heavy (non-hydrogen) atoms. The van der Waals surface area contributed by atoms with Crippen LogP contribution in [0.5, 0.6) is 0 Å². The quantitative estimate of drug-likeness (QED) is 0.373. The van der Waals surface area contributed by atoms with Gasteiger partial charge in [0.25, 0.3) is 0 Å². The molecule has 0 unspecified atom stereocenters. The zero-order valence-electron chi connectivity index (χ0n) is 7.40. The van der Waals surface area contributed by atoms with Crippen molar-refractivity contribution in [3.05, 3.63) is 0 Å². The van der Waals surface area contributed by atoms with E-state index in [1.807, 2.05) is 0 Å². The van der Waals surface area contributed by atoms with E-state index >= 15 is 0 Å².